The van der Waals surface area contributed by atoms with Gasteiger partial charge in [0.2, 0.25) is 0 Å². The molecule has 0 fully saturated rings. The molecule has 2 rings (SSSR count). The summed E-state index contributed by atoms with van der Waals surface area (Å²) in [6.45, 7) is 0. The van der Waals surface area contributed by atoms with Crippen molar-refractivity contribution in [3.8, 4) is 5.75 Å². The van der Waals surface area contributed by atoms with Crippen LogP contribution in [0.1, 0.15) is 10.4 Å². The van der Waals surface area contributed by atoms with Crippen LogP contribution in [0.25, 0.3) is 0 Å². The molecule has 2 aromatic rings. The predicted octanol–water partition coefficient (Wildman–Crippen LogP) is 2.74. The highest BCUT2D eigenvalue weighted by molar-refractivity contribution is 6.31. The fourth-order valence-corrected chi connectivity index (χ4v) is 1.52. The molecule has 0 unspecified atom stereocenters. The summed E-state index contributed by atoms with van der Waals surface area (Å²) in [6, 6.07) is 4.20. The topological polar surface area (TPSA) is 75.1 Å². The number of anilines is 1. The Morgan fingerprint density at radius 3 is 2.61 bits per heavy atom. The third-order valence-corrected chi connectivity index (χ3v) is 2.50. The Bertz CT molecular complexity index is 587. The van der Waals surface area contributed by atoms with Gasteiger partial charge in [-0.15, -0.1) is 0 Å². The minimum atomic E-state index is -0.513. The second-order valence-electron chi connectivity index (χ2n) is 3.34. The molecule has 18 heavy (non-hydrogen) atoms. The van der Waals surface area contributed by atoms with Gasteiger partial charge in [-0.25, -0.2) is 9.97 Å². The molecule has 0 radical (unpaired) electrons. The summed E-state index contributed by atoms with van der Waals surface area (Å²) in [7, 11) is 0. The van der Waals surface area contributed by atoms with E-state index in [1.807, 2.05) is 0 Å². The zero-order valence-electron chi connectivity index (χ0n) is 8.89. The van der Waals surface area contributed by atoms with Crippen LogP contribution in [0.3, 0.4) is 0 Å². The van der Waals surface area contributed by atoms with Gasteiger partial charge in [0.05, 0.1) is 18.0 Å². The van der Waals surface area contributed by atoms with Crippen LogP contribution < -0.4 is 5.32 Å². The summed E-state index contributed by atoms with van der Waals surface area (Å²) in [5.74, 6) is -0.485. The van der Waals surface area contributed by atoms with Crippen LogP contribution in [0, 0.1) is 0 Å². The van der Waals surface area contributed by atoms with Crippen molar-refractivity contribution >= 4 is 34.9 Å². The summed E-state index contributed by atoms with van der Waals surface area (Å²) in [6.07, 6.45) is 2.62. The second-order valence-corrected chi connectivity index (χ2v) is 4.16. The first-order chi connectivity index (χ1) is 8.56. The maximum absolute atomic E-state index is 11.8. The zero-order valence-corrected chi connectivity index (χ0v) is 10.4. The lowest BCUT2D eigenvalue weighted by atomic mass is 10.2. The molecule has 1 aromatic carbocycles. The highest BCUT2D eigenvalue weighted by Crippen LogP contribution is 2.22. The van der Waals surface area contributed by atoms with Crippen LogP contribution in [0.2, 0.25) is 10.2 Å². The molecule has 5 nitrogen and oxygen atoms in total. The monoisotopic (exact) mass is 283 g/mol. The van der Waals surface area contributed by atoms with E-state index in [4.69, 9.17) is 23.2 Å². The Morgan fingerprint density at radius 2 is 2.00 bits per heavy atom. The highest BCUT2D eigenvalue weighted by atomic mass is 35.5. The summed E-state index contributed by atoms with van der Waals surface area (Å²) >= 11 is 11.2. The van der Waals surface area contributed by atoms with Gasteiger partial charge in [0.1, 0.15) is 10.9 Å². The summed E-state index contributed by atoms with van der Waals surface area (Å²) < 4.78 is 0. The van der Waals surface area contributed by atoms with Crippen LogP contribution in [-0.4, -0.2) is 21.0 Å². The number of aromatic nitrogens is 2. The smallest absolute Gasteiger partial charge is 0.260 e. The quantitative estimate of drug-likeness (QED) is 0.889. The molecule has 1 heterocycles. The van der Waals surface area contributed by atoms with E-state index in [2.05, 4.69) is 15.3 Å². The minimum Gasteiger partial charge on any atom is -0.507 e. The van der Waals surface area contributed by atoms with E-state index in [0.29, 0.717) is 5.02 Å². The van der Waals surface area contributed by atoms with E-state index in [1.165, 1.54) is 30.6 Å². The summed E-state index contributed by atoms with van der Waals surface area (Å²) in [5, 5.41) is 12.6. The average Bonchev–Trinajstić information content (AvgIpc) is 2.32. The van der Waals surface area contributed by atoms with Crippen molar-refractivity contribution in [2.75, 3.05) is 5.32 Å². The van der Waals surface area contributed by atoms with Crippen LogP contribution in [0.5, 0.6) is 5.75 Å². The third kappa shape index (κ3) is 2.88. The van der Waals surface area contributed by atoms with Crippen molar-refractivity contribution in [3.63, 3.8) is 0 Å². The second kappa shape index (κ2) is 5.20. The number of carbonyl (C=O) groups is 1. The average molecular weight is 284 g/mol. The highest BCUT2D eigenvalue weighted by Gasteiger charge is 2.12. The van der Waals surface area contributed by atoms with Crippen molar-refractivity contribution in [1.29, 1.82) is 0 Å². The van der Waals surface area contributed by atoms with Crippen molar-refractivity contribution in [2.24, 2.45) is 0 Å². The van der Waals surface area contributed by atoms with Gasteiger partial charge in [0.15, 0.2) is 5.82 Å². The molecule has 1 amide bonds. The fourth-order valence-electron chi connectivity index (χ4n) is 1.26. The van der Waals surface area contributed by atoms with Crippen molar-refractivity contribution in [2.45, 2.75) is 0 Å². The van der Waals surface area contributed by atoms with Crippen LogP contribution in [0.4, 0.5) is 5.82 Å². The molecule has 0 atom stereocenters. The van der Waals surface area contributed by atoms with Gasteiger partial charge >= 0.3 is 0 Å². The number of carbonyl (C=O) groups excluding carboxylic acids is 1. The lowest BCUT2D eigenvalue weighted by Gasteiger charge is -2.05. The Labute approximate surface area is 112 Å². The number of halogens is 2. The number of hydrogen-bond donors (Lipinski definition) is 2. The number of hydrogen-bond acceptors (Lipinski definition) is 4. The number of rotatable bonds is 2. The fraction of sp³-hybridized carbons (Fsp3) is 0. The van der Waals surface area contributed by atoms with Gasteiger partial charge in [-0.3, -0.25) is 4.79 Å². The van der Waals surface area contributed by atoms with Gasteiger partial charge < -0.3 is 10.4 Å². The van der Waals surface area contributed by atoms with Crippen LogP contribution in [-0.2, 0) is 0 Å². The van der Waals surface area contributed by atoms with E-state index in [1.54, 1.807) is 0 Å². The Hall–Kier alpha value is -1.85. The van der Waals surface area contributed by atoms with E-state index in [-0.39, 0.29) is 22.3 Å². The molecule has 0 saturated heterocycles. The maximum Gasteiger partial charge on any atom is 0.260 e. The third-order valence-electron chi connectivity index (χ3n) is 2.07. The number of phenols is 1. The van der Waals surface area contributed by atoms with Gasteiger partial charge in [0, 0.05) is 5.02 Å². The molecule has 1 aromatic heterocycles. The lowest BCUT2D eigenvalue weighted by Crippen LogP contribution is -2.13. The number of amides is 1. The van der Waals surface area contributed by atoms with E-state index in [0.717, 1.165) is 0 Å². The molecule has 0 spiro atoms. The first kappa shape index (κ1) is 12.6. The van der Waals surface area contributed by atoms with Crippen molar-refractivity contribution in [3.05, 3.63) is 46.3 Å². The lowest BCUT2D eigenvalue weighted by molar-refractivity contribution is 0.102. The molecule has 7 heteroatoms. The Balaban J connectivity index is 2.19. The molecular formula is C11H7Cl2N3O2. The molecular weight excluding hydrogens is 277 g/mol. The van der Waals surface area contributed by atoms with Crippen LogP contribution >= 0.6 is 23.2 Å². The molecule has 2 N–H and O–H groups in total. The van der Waals surface area contributed by atoms with Crippen LogP contribution in [0.15, 0.2) is 30.6 Å². The zero-order chi connectivity index (χ0) is 13.1. The van der Waals surface area contributed by atoms with Gasteiger partial charge in [0.25, 0.3) is 5.91 Å². The molecule has 0 bridgehead atoms. The molecule has 92 valence electrons. The van der Waals surface area contributed by atoms with E-state index < -0.39 is 5.91 Å². The molecule has 0 aliphatic heterocycles. The number of aromatic hydroxyl groups is 1. The Morgan fingerprint density at radius 1 is 1.22 bits per heavy atom. The minimum absolute atomic E-state index is 0.0937. The molecule has 0 aliphatic rings. The SMILES string of the molecule is O=C(Nc1cnc(Cl)cn1)c1ccc(Cl)cc1O. The van der Waals surface area contributed by atoms with Gasteiger partial charge in [-0.1, -0.05) is 23.2 Å². The molecule has 0 saturated carbocycles. The maximum atomic E-state index is 11.8. The standard InChI is InChI=1S/C11H7Cl2N3O2/c12-6-1-2-7(8(17)3-6)11(18)16-10-5-14-9(13)4-15-10/h1-5,17H,(H,15,16,18). The first-order valence-electron chi connectivity index (χ1n) is 4.83. The largest absolute Gasteiger partial charge is 0.507 e. The number of nitrogens with zero attached hydrogens (tertiary/aromatic N) is 2. The van der Waals surface area contributed by atoms with Crippen molar-refractivity contribution in [1.82, 2.24) is 9.97 Å². The molecule has 0 aliphatic carbocycles. The van der Waals surface area contributed by atoms with E-state index >= 15 is 0 Å². The van der Waals surface area contributed by atoms with Gasteiger partial charge in [-0.2, -0.15) is 0 Å². The van der Waals surface area contributed by atoms with Crippen molar-refractivity contribution < 1.29 is 9.90 Å². The summed E-state index contributed by atoms with van der Waals surface area (Å²) in [5.41, 5.74) is 0.0937. The number of phenolic OH excluding ortho intramolecular Hbond substituents is 1. The van der Waals surface area contributed by atoms with E-state index in [9.17, 15) is 9.90 Å². The number of benzene rings is 1. The Kier molecular flexibility index (Phi) is 3.64. The normalized spacial score (nSPS) is 10.1. The summed E-state index contributed by atoms with van der Waals surface area (Å²) in [4.78, 5) is 19.4. The number of nitrogens with one attached hydrogen (secondary N) is 1. The predicted molar refractivity (Wildman–Crippen MR) is 68.1 cm³/mol. The first-order valence-corrected chi connectivity index (χ1v) is 5.59. The van der Waals surface area contributed by atoms with Gasteiger partial charge in [-0.05, 0) is 18.2 Å².